The van der Waals surface area contributed by atoms with Crippen molar-refractivity contribution >= 4 is 11.7 Å². The van der Waals surface area contributed by atoms with Gasteiger partial charge in [0.1, 0.15) is 17.0 Å². The van der Waals surface area contributed by atoms with Gasteiger partial charge in [-0.1, -0.05) is 60.7 Å². The van der Waals surface area contributed by atoms with Crippen LogP contribution in [-0.2, 0) is 34.5 Å². The van der Waals surface area contributed by atoms with E-state index in [1.807, 2.05) is 61.0 Å². The zero-order valence-corrected chi connectivity index (χ0v) is 26.6. The van der Waals surface area contributed by atoms with Crippen molar-refractivity contribution in [3.63, 3.8) is 0 Å². The molecule has 0 saturated heterocycles. The molecular formula is C36H39FN4O4. The molecule has 0 aliphatic rings. The highest BCUT2D eigenvalue weighted by molar-refractivity contribution is 5.82. The second kappa shape index (κ2) is 13.1. The molecular weight excluding hydrogens is 571 g/mol. The third-order valence-corrected chi connectivity index (χ3v) is 8.36. The zero-order chi connectivity index (χ0) is 32.3. The molecule has 0 fully saturated rings. The molecule has 3 aromatic carbocycles. The van der Waals surface area contributed by atoms with E-state index in [9.17, 15) is 9.59 Å². The number of ether oxygens (including phenoxy) is 2. The number of aromatic nitrogens is 3. The normalized spacial score (nSPS) is 11.7. The smallest absolute Gasteiger partial charge is 0.317 e. The Morgan fingerprint density at radius 2 is 1.71 bits per heavy atom. The first-order valence-corrected chi connectivity index (χ1v) is 14.9. The summed E-state index contributed by atoms with van der Waals surface area (Å²) in [7, 11) is 4.90. The van der Waals surface area contributed by atoms with Gasteiger partial charge >= 0.3 is 5.97 Å². The summed E-state index contributed by atoms with van der Waals surface area (Å²) in [5.74, 6) is 0.0908. The molecule has 9 heteroatoms. The molecule has 0 atom stereocenters. The number of carbonyl (C=O) groups is 1. The number of hydrogen-bond donors (Lipinski definition) is 0. The van der Waals surface area contributed by atoms with Gasteiger partial charge in [0.05, 0.1) is 37.7 Å². The number of imidazole rings is 1. The fourth-order valence-electron chi connectivity index (χ4n) is 5.78. The Labute approximate surface area is 262 Å². The summed E-state index contributed by atoms with van der Waals surface area (Å²) in [4.78, 5) is 34.9. The lowest BCUT2D eigenvalue weighted by Gasteiger charge is -2.23. The van der Waals surface area contributed by atoms with E-state index >= 15 is 4.39 Å². The average Bonchev–Trinajstić information content (AvgIpc) is 3.43. The molecule has 234 valence electrons. The van der Waals surface area contributed by atoms with E-state index in [-0.39, 0.29) is 17.9 Å². The zero-order valence-electron chi connectivity index (χ0n) is 26.6. The minimum absolute atomic E-state index is 0.123. The first-order valence-electron chi connectivity index (χ1n) is 14.9. The quantitative estimate of drug-likeness (QED) is 0.176. The number of fused-ring (bicyclic) bond motifs is 1. The number of rotatable bonds is 11. The number of halogens is 1. The van der Waals surface area contributed by atoms with Crippen LogP contribution >= 0.6 is 0 Å². The van der Waals surface area contributed by atoms with Crippen LogP contribution < -0.4 is 10.3 Å². The van der Waals surface area contributed by atoms with Crippen LogP contribution in [0.15, 0.2) is 83.7 Å². The summed E-state index contributed by atoms with van der Waals surface area (Å²) in [5, 5.41) is 0. The van der Waals surface area contributed by atoms with Crippen LogP contribution in [0, 0.1) is 12.7 Å². The monoisotopic (exact) mass is 610 g/mol. The molecule has 5 rings (SSSR count). The third kappa shape index (κ3) is 6.26. The van der Waals surface area contributed by atoms with Crippen LogP contribution in [0.4, 0.5) is 4.39 Å². The van der Waals surface area contributed by atoms with E-state index in [1.54, 1.807) is 43.6 Å². The van der Waals surface area contributed by atoms with E-state index in [0.717, 1.165) is 6.42 Å². The third-order valence-electron chi connectivity index (χ3n) is 8.36. The van der Waals surface area contributed by atoms with Crippen molar-refractivity contribution in [2.75, 3.05) is 27.8 Å². The van der Waals surface area contributed by atoms with Crippen molar-refractivity contribution < 1.29 is 18.7 Å². The number of likely N-dealkylation sites (N-methyl/N-ethyl adjacent to an activating group) is 1. The molecule has 0 unspecified atom stereocenters. The maximum atomic E-state index is 15.0. The van der Waals surface area contributed by atoms with E-state index in [0.29, 0.717) is 58.4 Å². The largest absolute Gasteiger partial charge is 0.497 e. The number of benzene rings is 3. The molecule has 2 aromatic heterocycles. The average molecular weight is 611 g/mol. The van der Waals surface area contributed by atoms with Crippen molar-refractivity contribution in [3.05, 3.63) is 123 Å². The molecule has 45 heavy (non-hydrogen) atoms. The Morgan fingerprint density at radius 1 is 1.00 bits per heavy atom. The van der Waals surface area contributed by atoms with E-state index in [1.165, 1.54) is 18.7 Å². The molecule has 0 aliphatic heterocycles. The van der Waals surface area contributed by atoms with Gasteiger partial charge in [-0.3, -0.25) is 9.59 Å². The summed E-state index contributed by atoms with van der Waals surface area (Å²) in [6, 6.07) is 24.0. The van der Waals surface area contributed by atoms with Crippen LogP contribution in [0.2, 0.25) is 0 Å². The second-order valence-electron chi connectivity index (χ2n) is 11.8. The number of esters is 1. The maximum Gasteiger partial charge on any atom is 0.317 e. The van der Waals surface area contributed by atoms with E-state index in [4.69, 9.17) is 14.5 Å². The first-order chi connectivity index (χ1) is 21.6. The Morgan fingerprint density at radius 3 is 2.40 bits per heavy atom. The highest BCUT2D eigenvalue weighted by Crippen LogP contribution is 2.32. The molecule has 0 amide bonds. The molecule has 8 nitrogen and oxygen atoms in total. The summed E-state index contributed by atoms with van der Waals surface area (Å²) in [6.07, 6.45) is 0.801. The predicted molar refractivity (Wildman–Crippen MR) is 173 cm³/mol. The van der Waals surface area contributed by atoms with Gasteiger partial charge in [0.25, 0.3) is 5.56 Å². The fraction of sp³-hybridized carbons (Fsp3) is 0.306. The number of nitrogens with zero attached hydrogens (tertiary/aromatic N) is 4. The number of hydrogen-bond acceptors (Lipinski definition) is 6. The minimum atomic E-state index is -1.18. The van der Waals surface area contributed by atoms with Crippen LogP contribution in [0.5, 0.6) is 5.75 Å². The van der Waals surface area contributed by atoms with Gasteiger partial charge in [-0.15, -0.1) is 0 Å². The molecule has 0 aliphatic carbocycles. The standard InChI is InChI=1S/C36H39FN4O4/c1-24-31(26-16-12-17-28(21-26)44-5)33(42)41-30(23-39(4)20-19-25-13-8-7-9-14-25)32(36(2,3)34(43)45-6)38-35(41)40(24)22-27-15-10-11-18-29(27)37/h7-18,21H,19-20,22-23H2,1-6H3. The minimum Gasteiger partial charge on any atom is -0.497 e. The topological polar surface area (TPSA) is 78.1 Å². The highest BCUT2D eigenvalue weighted by Gasteiger charge is 2.38. The van der Waals surface area contributed by atoms with Gasteiger partial charge in [-0.05, 0) is 63.6 Å². The Bertz CT molecular complexity index is 1900. The van der Waals surface area contributed by atoms with Gasteiger partial charge < -0.3 is 18.9 Å². The SMILES string of the molecule is COC(=O)C(C)(C)c1nc2n(Cc3ccccc3F)c(C)c(-c3cccc(OC)c3)c(=O)n2c1CN(C)CCc1ccccc1. The van der Waals surface area contributed by atoms with Gasteiger partial charge in [0.15, 0.2) is 0 Å². The molecule has 0 radical (unpaired) electrons. The van der Waals surface area contributed by atoms with Crippen molar-refractivity contribution in [2.24, 2.45) is 0 Å². The lowest BCUT2D eigenvalue weighted by molar-refractivity contribution is -0.146. The Balaban J connectivity index is 1.78. The Hall–Kier alpha value is -4.76. The number of carbonyl (C=O) groups excluding carboxylic acids is 1. The lowest BCUT2D eigenvalue weighted by Crippen LogP contribution is -2.34. The Kier molecular flexibility index (Phi) is 9.20. The van der Waals surface area contributed by atoms with Crippen LogP contribution in [0.25, 0.3) is 16.9 Å². The summed E-state index contributed by atoms with van der Waals surface area (Å²) < 4.78 is 29.1. The van der Waals surface area contributed by atoms with Gasteiger partial charge in [0, 0.05) is 24.3 Å². The van der Waals surface area contributed by atoms with Gasteiger partial charge in [0.2, 0.25) is 5.78 Å². The molecule has 0 N–H and O–H groups in total. The maximum absolute atomic E-state index is 15.0. The summed E-state index contributed by atoms with van der Waals surface area (Å²) >= 11 is 0. The molecule has 0 bridgehead atoms. The van der Waals surface area contributed by atoms with Crippen molar-refractivity contribution in [3.8, 4) is 16.9 Å². The number of methoxy groups -OCH3 is 2. The van der Waals surface area contributed by atoms with Crippen molar-refractivity contribution in [1.82, 2.24) is 18.9 Å². The van der Waals surface area contributed by atoms with Gasteiger partial charge in [-0.2, -0.15) is 0 Å². The molecule has 0 spiro atoms. The summed E-state index contributed by atoms with van der Waals surface area (Å²) in [6.45, 7) is 6.48. The van der Waals surface area contributed by atoms with Crippen molar-refractivity contribution in [1.29, 1.82) is 0 Å². The first kappa shape index (κ1) is 31.7. The van der Waals surface area contributed by atoms with Crippen LogP contribution in [0.3, 0.4) is 0 Å². The van der Waals surface area contributed by atoms with Gasteiger partial charge in [-0.25, -0.2) is 13.8 Å². The fourth-order valence-corrected chi connectivity index (χ4v) is 5.78. The summed E-state index contributed by atoms with van der Waals surface area (Å²) in [5.41, 5.74) is 2.89. The lowest BCUT2D eigenvalue weighted by atomic mass is 9.88. The van der Waals surface area contributed by atoms with E-state index in [2.05, 4.69) is 17.0 Å². The molecule has 0 saturated carbocycles. The predicted octanol–water partition coefficient (Wildman–Crippen LogP) is 5.79. The van der Waals surface area contributed by atoms with Crippen molar-refractivity contribution in [2.45, 2.75) is 45.7 Å². The molecule has 2 heterocycles. The molecule has 5 aromatic rings. The second-order valence-corrected chi connectivity index (χ2v) is 11.8. The van der Waals surface area contributed by atoms with E-state index < -0.39 is 11.4 Å². The highest BCUT2D eigenvalue weighted by atomic mass is 19.1. The van der Waals surface area contributed by atoms with Crippen LogP contribution in [-0.4, -0.2) is 52.6 Å². The van der Waals surface area contributed by atoms with Crippen LogP contribution in [0.1, 0.15) is 42.1 Å².